The molecule has 0 radical (unpaired) electrons. The van der Waals surface area contributed by atoms with Crippen LogP contribution in [0.4, 0.5) is 5.69 Å². The summed E-state index contributed by atoms with van der Waals surface area (Å²) >= 11 is 1.57. The Morgan fingerprint density at radius 3 is 2.15 bits per heavy atom. The lowest BCUT2D eigenvalue weighted by molar-refractivity contribution is -0.144. The average Bonchev–Trinajstić information content (AvgIpc) is 4.03. The minimum Gasteiger partial charge on any atom is -0.493 e. The summed E-state index contributed by atoms with van der Waals surface area (Å²) in [6.45, 7) is 9.89. The van der Waals surface area contributed by atoms with Gasteiger partial charge in [-0.15, -0.1) is 11.3 Å². The fourth-order valence-electron chi connectivity index (χ4n) is 9.32. The number of imide groups is 1. The van der Waals surface area contributed by atoms with Crippen LogP contribution in [0.5, 0.6) is 11.5 Å². The van der Waals surface area contributed by atoms with Gasteiger partial charge in [-0.05, 0) is 73.1 Å². The van der Waals surface area contributed by atoms with Gasteiger partial charge in [0.15, 0.2) is 11.5 Å². The number of thiazole rings is 1. The molecular weight excluding hydrogens is 973 g/mol. The highest BCUT2D eigenvalue weighted by molar-refractivity contribution is 7.90. The van der Waals surface area contributed by atoms with Crippen molar-refractivity contribution in [2.45, 2.75) is 136 Å². The first-order chi connectivity index (χ1) is 34.7. The third-order valence-corrected chi connectivity index (χ3v) is 15.0. The molecule has 0 bridgehead atoms. The Balaban J connectivity index is 0.900. The number of anilines is 1. The number of hydrogen-bond donors (Lipinski definition) is 4. The van der Waals surface area contributed by atoms with Crippen molar-refractivity contribution in [2.24, 2.45) is 5.41 Å². The summed E-state index contributed by atoms with van der Waals surface area (Å²) < 4.78 is 36.4. The number of likely N-dealkylation sites (tertiary alicyclic amines) is 1. The first kappa shape index (κ1) is 56.1. The predicted molar refractivity (Wildman–Crippen MR) is 280 cm³/mol. The number of carbonyl (C=O) groups excluding carboxylic acids is 6. The van der Waals surface area contributed by atoms with Crippen LogP contribution in [-0.4, -0.2) is 114 Å². The van der Waals surface area contributed by atoms with E-state index >= 15 is 0 Å². The highest BCUT2D eigenvalue weighted by Crippen LogP contribution is 2.39. The highest BCUT2D eigenvalue weighted by Gasteiger charge is 2.45. The molecule has 394 valence electrons. The fraction of sp³-hybridized carbons (Fsp3) is 0.500. The molecule has 0 aliphatic carbocycles. The van der Waals surface area contributed by atoms with Crippen LogP contribution in [0, 0.1) is 12.3 Å². The molecule has 1 aromatic heterocycles. The molecule has 3 heterocycles. The van der Waals surface area contributed by atoms with Crippen LogP contribution in [-0.2, 0) is 35.6 Å². The SMILES string of the molecule is CCOc1cc([C@@H](CS(C)(=O)=O)N2C(=O)c3cccc(NC(=O)CCCCCCCCCCC(=O)N[C@H](C(=O)N4C[C@H](O)C[C@H]4C(=O)NCc4ccc(-c5scnc5C)cc4)C(C)(C)C)c3C2=O)ccc1OC. The van der Waals surface area contributed by atoms with Crippen LogP contribution in [0.25, 0.3) is 10.4 Å². The lowest BCUT2D eigenvalue weighted by Crippen LogP contribution is -2.57. The van der Waals surface area contributed by atoms with Crippen LogP contribution in [0.15, 0.2) is 66.2 Å². The minimum atomic E-state index is -3.70. The van der Waals surface area contributed by atoms with Gasteiger partial charge < -0.3 is 35.4 Å². The Kier molecular flexibility index (Phi) is 19.4. The molecule has 0 unspecified atom stereocenters. The van der Waals surface area contributed by atoms with E-state index in [1.165, 1.54) is 18.1 Å². The summed E-state index contributed by atoms with van der Waals surface area (Å²) in [4.78, 5) is 89.4. The number of amides is 6. The van der Waals surface area contributed by atoms with Crippen molar-refractivity contribution < 1.29 is 51.8 Å². The zero-order chi connectivity index (χ0) is 53.0. The molecule has 73 heavy (non-hydrogen) atoms. The maximum Gasteiger partial charge on any atom is 0.264 e. The summed E-state index contributed by atoms with van der Waals surface area (Å²) in [5.74, 6) is -2.49. The van der Waals surface area contributed by atoms with E-state index < -0.39 is 63.0 Å². The minimum absolute atomic E-state index is 0.00248. The molecule has 0 spiro atoms. The molecule has 19 heteroatoms. The van der Waals surface area contributed by atoms with E-state index in [1.807, 2.05) is 57.5 Å². The summed E-state index contributed by atoms with van der Waals surface area (Å²) in [7, 11) is -2.23. The molecule has 6 amide bonds. The second kappa shape index (κ2) is 25.2. The standard InChI is InChI=1S/C54H70N6O11S2/c1-8-71-44-28-37(26-27-43(44)70-6)42(32-73(7,68)69)60-51(65)39-18-17-19-40(47(39)52(60)66)57-45(62)20-15-13-11-9-10-12-14-16-21-46(63)58-49(54(3,4)5)53(67)59-31-38(61)29-41(59)50(64)55-30-35-22-24-36(25-23-35)48-34(2)56-33-72-48/h17-19,22-28,33,38,41-42,49,61H,8-16,20-21,29-32H2,1-7H3,(H,55,64)(H,57,62)(H,58,63)/t38-,41+,42-,49-/m1/s1. The smallest absolute Gasteiger partial charge is 0.264 e. The van der Waals surface area contributed by atoms with Crippen molar-refractivity contribution in [1.29, 1.82) is 0 Å². The number of rotatable bonds is 25. The zero-order valence-electron chi connectivity index (χ0n) is 43.0. The van der Waals surface area contributed by atoms with Crippen molar-refractivity contribution in [3.05, 3.63) is 94.1 Å². The maximum absolute atomic E-state index is 14.0. The second-order valence-corrected chi connectivity index (χ2v) is 23.0. The molecule has 2 aliphatic heterocycles. The Morgan fingerprint density at radius 2 is 1.55 bits per heavy atom. The van der Waals surface area contributed by atoms with Crippen molar-refractivity contribution in [2.75, 3.05) is 37.6 Å². The van der Waals surface area contributed by atoms with Crippen molar-refractivity contribution in [3.63, 3.8) is 0 Å². The molecule has 4 aromatic rings. The van der Waals surface area contributed by atoms with Crippen molar-refractivity contribution in [1.82, 2.24) is 25.4 Å². The highest BCUT2D eigenvalue weighted by atomic mass is 32.2. The fourth-order valence-corrected chi connectivity index (χ4v) is 11.1. The van der Waals surface area contributed by atoms with Gasteiger partial charge in [-0.3, -0.25) is 33.7 Å². The number of nitrogens with zero attached hydrogens (tertiary/aromatic N) is 3. The number of ether oxygens (including phenoxy) is 2. The number of unbranched alkanes of at least 4 members (excludes halogenated alkanes) is 7. The van der Waals surface area contributed by atoms with Gasteiger partial charge in [-0.2, -0.15) is 0 Å². The van der Waals surface area contributed by atoms with Crippen LogP contribution in [0.2, 0.25) is 0 Å². The van der Waals surface area contributed by atoms with Gasteiger partial charge in [0.05, 0.1) is 64.5 Å². The number of aromatic nitrogens is 1. The molecule has 4 N–H and O–H groups in total. The molecule has 3 aromatic carbocycles. The predicted octanol–water partition coefficient (Wildman–Crippen LogP) is 7.56. The molecule has 1 fully saturated rings. The monoisotopic (exact) mass is 1040 g/mol. The molecule has 4 atom stereocenters. The van der Waals surface area contributed by atoms with E-state index in [0.717, 1.165) is 71.4 Å². The summed E-state index contributed by atoms with van der Waals surface area (Å²) in [5.41, 5.74) is 4.66. The number of fused-ring (bicyclic) bond motifs is 1. The quantitative estimate of drug-likeness (QED) is 0.0372. The zero-order valence-corrected chi connectivity index (χ0v) is 44.6. The molecule has 0 saturated carbocycles. The number of sulfone groups is 1. The molecule has 6 rings (SSSR count). The number of hydrogen-bond acceptors (Lipinski definition) is 13. The van der Waals surface area contributed by atoms with Crippen LogP contribution >= 0.6 is 11.3 Å². The van der Waals surface area contributed by atoms with E-state index in [0.29, 0.717) is 36.5 Å². The Bertz CT molecular complexity index is 2740. The number of aryl methyl sites for hydroxylation is 1. The van der Waals surface area contributed by atoms with Gasteiger partial charge in [-0.25, -0.2) is 13.4 Å². The third kappa shape index (κ3) is 14.7. The average molecular weight is 1040 g/mol. The van der Waals surface area contributed by atoms with E-state index in [-0.39, 0.29) is 66.9 Å². The third-order valence-electron chi connectivity index (χ3n) is 13.1. The molecular formula is C54H70N6O11S2. The van der Waals surface area contributed by atoms with Crippen LogP contribution < -0.4 is 25.4 Å². The van der Waals surface area contributed by atoms with Gasteiger partial charge in [0.1, 0.15) is 21.9 Å². The van der Waals surface area contributed by atoms with Gasteiger partial charge >= 0.3 is 0 Å². The van der Waals surface area contributed by atoms with E-state index in [4.69, 9.17) is 9.47 Å². The lowest BCUT2D eigenvalue weighted by atomic mass is 9.85. The molecule has 1 saturated heterocycles. The van der Waals surface area contributed by atoms with Gasteiger partial charge in [-0.1, -0.05) is 95.7 Å². The number of methoxy groups -OCH3 is 1. The normalized spacial score (nSPS) is 16.5. The topological polar surface area (TPSA) is 231 Å². The van der Waals surface area contributed by atoms with E-state index in [9.17, 15) is 42.3 Å². The van der Waals surface area contributed by atoms with Gasteiger partial charge in [0, 0.05) is 38.6 Å². The van der Waals surface area contributed by atoms with Gasteiger partial charge in [0.2, 0.25) is 23.6 Å². The Morgan fingerprint density at radius 1 is 0.890 bits per heavy atom. The summed E-state index contributed by atoms with van der Waals surface area (Å²) in [6.07, 6.45) is 7.27. The van der Waals surface area contributed by atoms with Crippen LogP contribution in [0.3, 0.4) is 0 Å². The number of β-amino-alcohol motifs (C(OH)–C–C–N with tert-alkyl or cyclic N) is 1. The second-order valence-electron chi connectivity index (χ2n) is 20.0. The number of aliphatic hydroxyl groups is 1. The largest absolute Gasteiger partial charge is 0.493 e. The Hall–Kier alpha value is -6.18. The van der Waals surface area contributed by atoms with E-state index in [1.54, 1.807) is 48.6 Å². The first-order valence-electron chi connectivity index (χ1n) is 25.0. The van der Waals surface area contributed by atoms with Gasteiger partial charge in [0.25, 0.3) is 11.8 Å². The summed E-state index contributed by atoms with van der Waals surface area (Å²) in [5, 5.41) is 19.3. The van der Waals surface area contributed by atoms with Crippen molar-refractivity contribution in [3.8, 4) is 21.9 Å². The Labute approximate surface area is 432 Å². The first-order valence-corrected chi connectivity index (χ1v) is 28.0. The van der Waals surface area contributed by atoms with Crippen LogP contribution in [0.1, 0.15) is 142 Å². The van der Waals surface area contributed by atoms with Crippen molar-refractivity contribution >= 4 is 62.3 Å². The molecule has 17 nitrogen and oxygen atoms in total. The lowest BCUT2D eigenvalue weighted by Gasteiger charge is -2.35. The summed E-state index contributed by atoms with van der Waals surface area (Å²) in [6, 6.07) is 14.3. The number of nitrogens with one attached hydrogen (secondary N) is 3. The van der Waals surface area contributed by atoms with E-state index in [2.05, 4.69) is 20.9 Å². The number of benzene rings is 3. The maximum atomic E-state index is 14.0. The molecule has 2 aliphatic rings. The number of aliphatic hydroxyl groups excluding tert-OH is 1. The number of carbonyl (C=O) groups is 6.